The predicted molar refractivity (Wildman–Crippen MR) is 104 cm³/mol. The molecular formula is C19H29N3O3S. The van der Waals surface area contributed by atoms with Gasteiger partial charge in [-0.2, -0.15) is 4.31 Å². The highest BCUT2D eigenvalue weighted by molar-refractivity contribution is 7.89. The van der Waals surface area contributed by atoms with E-state index in [9.17, 15) is 13.2 Å². The Labute approximate surface area is 156 Å². The minimum Gasteiger partial charge on any atom is -0.348 e. The van der Waals surface area contributed by atoms with Crippen LogP contribution in [0, 0.1) is 0 Å². The molecule has 6 nitrogen and oxygen atoms in total. The van der Waals surface area contributed by atoms with Crippen molar-refractivity contribution < 1.29 is 13.2 Å². The molecule has 1 aromatic rings. The Balaban J connectivity index is 2.04. The van der Waals surface area contributed by atoms with Crippen LogP contribution in [0.15, 0.2) is 40.8 Å². The van der Waals surface area contributed by atoms with Gasteiger partial charge in [0.2, 0.25) is 10.0 Å². The second-order valence-corrected chi connectivity index (χ2v) is 8.37. The van der Waals surface area contributed by atoms with Crippen molar-refractivity contribution in [3.8, 4) is 0 Å². The van der Waals surface area contributed by atoms with Gasteiger partial charge < -0.3 is 10.6 Å². The molecule has 1 aliphatic heterocycles. The maximum absolute atomic E-state index is 12.7. The first kappa shape index (κ1) is 20.6. The molecule has 0 bridgehead atoms. The van der Waals surface area contributed by atoms with Gasteiger partial charge in [0, 0.05) is 31.7 Å². The van der Waals surface area contributed by atoms with Crippen molar-refractivity contribution in [3.05, 3.63) is 41.5 Å². The van der Waals surface area contributed by atoms with Gasteiger partial charge in [-0.3, -0.25) is 4.79 Å². The van der Waals surface area contributed by atoms with E-state index in [2.05, 4.69) is 16.7 Å². The zero-order valence-electron chi connectivity index (χ0n) is 15.6. The average molecular weight is 380 g/mol. The van der Waals surface area contributed by atoms with Gasteiger partial charge in [-0.1, -0.05) is 25.5 Å². The molecule has 2 rings (SSSR count). The van der Waals surface area contributed by atoms with Crippen LogP contribution in [-0.4, -0.2) is 51.4 Å². The molecule has 0 atom stereocenters. The number of rotatable bonds is 9. The summed E-state index contributed by atoms with van der Waals surface area (Å²) in [6.45, 7) is 7.23. The lowest BCUT2D eigenvalue weighted by Crippen LogP contribution is -2.32. The van der Waals surface area contributed by atoms with Gasteiger partial charge in [-0.25, -0.2) is 8.42 Å². The van der Waals surface area contributed by atoms with Crippen molar-refractivity contribution in [2.45, 2.75) is 38.0 Å². The molecule has 1 heterocycles. The molecule has 2 N–H and O–H groups in total. The third-order valence-electron chi connectivity index (χ3n) is 4.33. The van der Waals surface area contributed by atoms with Gasteiger partial charge >= 0.3 is 0 Å². The van der Waals surface area contributed by atoms with Gasteiger partial charge in [0.1, 0.15) is 0 Å². The lowest BCUT2D eigenvalue weighted by molar-refractivity contribution is 0.0956. The summed E-state index contributed by atoms with van der Waals surface area (Å²) in [7, 11) is -3.51. The summed E-state index contributed by atoms with van der Waals surface area (Å²) >= 11 is 0. The highest BCUT2D eigenvalue weighted by Gasteiger charge is 2.23. The van der Waals surface area contributed by atoms with Crippen LogP contribution in [-0.2, 0) is 10.0 Å². The normalized spacial score (nSPS) is 15.0. The molecule has 144 valence electrons. The number of nitrogens with one attached hydrogen (secondary N) is 2. The van der Waals surface area contributed by atoms with Crippen molar-refractivity contribution >= 4 is 15.9 Å². The summed E-state index contributed by atoms with van der Waals surface area (Å²) in [6.07, 6.45) is 4.56. The average Bonchev–Trinajstić information content (AvgIpc) is 2.67. The molecule has 0 aliphatic carbocycles. The maximum Gasteiger partial charge on any atom is 0.251 e. The molecule has 0 unspecified atom stereocenters. The van der Waals surface area contributed by atoms with Crippen LogP contribution in [0.3, 0.4) is 0 Å². The van der Waals surface area contributed by atoms with Crippen LogP contribution in [0.1, 0.15) is 43.5 Å². The smallest absolute Gasteiger partial charge is 0.251 e. The van der Waals surface area contributed by atoms with Crippen LogP contribution in [0.25, 0.3) is 0 Å². The zero-order chi connectivity index (χ0) is 19.0. The summed E-state index contributed by atoms with van der Waals surface area (Å²) in [5.74, 6) is -0.188. The van der Waals surface area contributed by atoms with Gasteiger partial charge in [0.25, 0.3) is 5.91 Å². The molecule has 0 radical (unpaired) electrons. The third kappa shape index (κ3) is 5.40. The molecule has 7 heteroatoms. The van der Waals surface area contributed by atoms with E-state index >= 15 is 0 Å². The fraction of sp³-hybridized carbons (Fsp3) is 0.526. The Morgan fingerprint density at radius 1 is 1.15 bits per heavy atom. The van der Waals surface area contributed by atoms with E-state index in [1.54, 1.807) is 12.1 Å². The van der Waals surface area contributed by atoms with Crippen molar-refractivity contribution in [3.63, 3.8) is 0 Å². The van der Waals surface area contributed by atoms with Gasteiger partial charge in [-0.15, -0.1) is 0 Å². The number of amides is 1. The molecule has 0 saturated carbocycles. The number of nitrogens with zero attached hydrogens (tertiary/aromatic N) is 1. The summed E-state index contributed by atoms with van der Waals surface area (Å²) in [5, 5.41) is 6.13. The van der Waals surface area contributed by atoms with E-state index in [1.165, 1.54) is 22.0 Å². The van der Waals surface area contributed by atoms with Crippen molar-refractivity contribution in [2.24, 2.45) is 0 Å². The Hall–Kier alpha value is -1.70. The van der Waals surface area contributed by atoms with E-state index in [0.717, 1.165) is 32.4 Å². The molecule has 26 heavy (non-hydrogen) atoms. The molecule has 0 aromatic heterocycles. The molecule has 1 aromatic carbocycles. The second-order valence-electron chi connectivity index (χ2n) is 6.43. The fourth-order valence-corrected chi connectivity index (χ4v) is 4.53. The predicted octanol–water partition coefficient (Wildman–Crippen LogP) is 2.15. The standard InChI is InChI=1S/C19H29N3O3S/c1-3-13-22(14-4-2)26(24,25)18-7-5-17(6-8-18)19(23)21-15-16-9-11-20-12-10-16/h5-9,20H,3-4,10-15H2,1-2H3,(H,21,23). The quantitative estimate of drug-likeness (QED) is 0.645. The summed E-state index contributed by atoms with van der Waals surface area (Å²) in [5.41, 5.74) is 1.68. The van der Waals surface area contributed by atoms with Crippen LogP contribution < -0.4 is 10.6 Å². The van der Waals surface area contributed by atoms with Gasteiger partial charge in [-0.05, 0) is 50.1 Å². The molecule has 0 saturated heterocycles. The van der Waals surface area contributed by atoms with Crippen LogP contribution in [0.2, 0.25) is 0 Å². The monoisotopic (exact) mass is 379 g/mol. The Morgan fingerprint density at radius 2 is 1.81 bits per heavy atom. The number of sulfonamides is 1. The lowest BCUT2D eigenvalue weighted by Gasteiger charge is -2.21. The van der Waals surface area contributed by atoms with Crippen LogP contribution >= 0.6 is 0 Å². The van der Waals surface area contributed by atoms with Crippen molar-refractivity contribution in [2.75, 3.05) is 32.7 Å². The first-order valence-corrected chi connectivity index (χ1v) is 10.7. The van der Waals surface area contributed by atoms with E-state index < -0.39 is 10.0 Å². The Bertz CT molecular complexity index is 721. The SMILES string of the molecule is CCCN(CCC)S(=O)(=O)c1ccc(C(=O)NCC2=CCNCC2)cc1. The molecule has 1 aliphatic rings. The minimum atomic E-state index is -3.51. The van der Waals surface area contributed by atoms with E-state index in [4.69, 9.17) is 0 Å². The first-order valence-electron chi connectivity index (χ1n) is 9.26. The number of hydrogen-bond acceptors (Lipinski definition) is 4. The zero-order valence-corrected chi connectivity index (χ0v) is 16.4. The topological polar surface area (TPSA) is 78.5 Å². The number of hydrogen-bond donors (Lipinski definition) is 2. The summed E-state index contributed by atoms with van der Waals surface area (Å²) in [6, 6.07) is 6.20. The largest absolute Gasteiger partial charge is 0.348 e. The van der Waals surface area contributed by atoms with E-state index in [1.807, 2.05) is 13.8 Å². The number of carbonyl (C=O) groups is 1. The van der Waals surface area contributed by atoms with Crippen LogP contribution in [0.4, 0.5) is 0 Å². The van der Waals surface area contributed by atoms with Crippen LogP contribution in [0.5, 0.6) is 0 Å². The first-order chi connectivity index (χ1) is 12.5. The fourth-order valence-electron chi connectivity index (χ4n) is 2.90. The van der Waals surface area contributed by atoms with Crippen molar-refractivity contribution in [1.82, 2.24) is 14.9 Å². The summed E-state index contributed by atoms with van der Waals surface area (Å²) < 4.78 is 27.0. The molecule has 1 amide bonds. The van der Waals surface area contributed by atoms with Crippen molar-refractivity contribution in [1.29, 1.82) is 0 Å². The molecule has 0 spiro atoms. The number of carbonyl (C=O) groups excluding carboxylic acids is 1. The Morgan fingerprint density at radius 3 is 2.35 bits per heavy atom. The highest BCUT2D eigenvalue weighted by atomic mass is 32.2. The molecular weight excluding hydrogens is 350 g/mol. The highest BCUT2D eigenvalue weighted by Crippen LogP contribution is 2.17. The van der Waals surface area contributed by atoms with Gasteiger partial charge in [0.05, 0.1) is 4.90 Å². The second kappa shape index (κ2) is 9.85. The summed E-state index contributed by atoms with van der Waals surface area (Å²) in [4.78, 5) is 12.5. The van der Waals surface area contributed by atoms with Gasteiger partial charge in [0.15, 0.2) is 0 Å². The van der Waals surface area contributed by atoms with E-state index in [-0.39, 0.29) is 10.8 Å². The minimum absolute atomic E-state index is 0.188. The molecule has 0 fully saturated rings. The third-order valence-corrected chi connectivity index (χ3v) is 6.25. The lowest BCUT2D eigenvalue weighted by atomic mass is 10.1. The Kier molecular flexibility index (Phi) is 7.81. The maximum atomic E-state index is 12.7. The van der Waals surface area contributed by atoms with E-state index in [0.29, 0.717) is 25.2 Å². The number of benzene rings is 1.